The minimum Gasteiger partial charge on any atom is -0.0843 e. The lowest BCUT2D eigenvalue weighted by Gasteiger charge is -2.23. The first-order valence-electron chi connectivity index (χ1n) is 5.82. The summed E-state index contributed by atoms with van der Waals surface area (Å²) in [6, 6.07) is 15.4. The maximum Gasteiger partial charge on any atom is 0.139 e. The van der Waals surface area contributed by atoms with Gasteiger partial charge in [0, 0.05) is 5.41 Å². The molecule has 1 heteroatoms. The summed E-state index contributed by atoms with van der Waals surface area (Å²) in [6.45, 7) is 4.65. The molecule has 2 aromatic rings. The second-order valence-electron chi connectivity index (χ2n) is 5.17. The van der Waals surface area contributed by atoms with E-state index in [2.05, 4.69) is 64.2 Å². The maximum absolute atomic E-state index is 2.32. The molecule has 0 fully saturated rings. The summed E-state index contributed by atoms with van der Waals surface area (Å²) in [4.78, 5) is 0. The van der Waals surface area contributed by atoms with Crippen molar-refractivity contribution in [3.8, 4) is 11.1 Å². The topological polar surface area (TPSA) is 0 Å². The van der Waals surface area contributed by atoms with Gasteiger partial charge in [0.2, 0.25) is 0 Å². The summed E-state index contributed by atoms with van der Waals surface area (Å²) in [6.07, 6.45) is 0. The molecule has 0 radical (unpaired) electrons. The zero-order valence-corrected chi connectivity index (χ0v) is 10.0. The van der Waals surface area contributed by atoms with Crippen molar-refractivity contribution in [3.63, 3.8) is 0 Å². The van der Waals surface area contributed by atoms with Gasteiger partial charge in [-0.3, -0.25) is 0 Å². The Morgan fingerprint density at radius 1 is 0.875 bits per heavy atom. The van der Waals surface area contributed by atoms with E-state index in [0.717, 1.165) is 0 Å². The Morgan fingerprint density at radius 3 is 2.38 bits per heavy atom. The molecular formula is C15H15B. The highest BCUT2D eigenvalue weighted by molar-refractivity contribution is 6.34. The van der Waals surface area contributed by atoms with Crippen molar-refractivity contribution in [2.24, 2.45) is 0 Å². The van der Waals surface area contributed by atoms with Gasteiger partial charge < -0.3 is 0 Å². The Hall–Kier alpha value is -1.50. The van der Waals surface area contributed by atoms with Crippen LogP contribution >= 0.6 is 0 Å². The molecule has 0 nitrogen and oxygen atoms in total. The first-order valence-corrected chi connectivity index (χ1v) is 5.82. The number of rotatable bonds is 0. The summed E-state index contributed by atoms with van der Waals surface area (Å²) in [5.41, 5.74) is 7.33. The molecule has 3 rings (SSSR count). The van der Waals surface area contributed by atoms with Crippen LogP contribution in [0.4, 0.5) is 0 Å². The maximum atomic E-state index is 2.32. The van der Waals surface area contributed by atoms with Gasteiger partial charge in [0.15, 0.2) is 0 Å². The predicted octanol–water partition coefficient (Wildman–Crippen LogP) is 2.25. The molecule has 2 aromatic carbocycles. The summed E-state index contributed by atoms with van der Waals surface area (Å²) in [5.74, 6) is 0. The van der Waals surface area contributed by atoms with E-state index in [1.807, 2.05) is 0 Å². The van der Waals surface area contributed by atoms with Gasteiger partial charge in [0.25, 0.3) is 0 Å². The fourth-order valence-corrected chi connectivity index (χ4v) is 3.12. The number of fused-ring (bicyclic) bond motifs is 3. The number of benzene rings is 2. The van der Waals surface area contributed by atoms with Gasteiger partial charge in [-0.15, -0.1) is 0 Å². The summed E-state index contributed by atoms with van der Waals surface area (Å²) < 4.78 is 0. The molecule has 0 atom stereocenters. The van der Waals surface area contributed by atoms with Crippen LogP contribution in [0.2, 0.25) is 0 Å². The molecule has 0 unspecified atom stereocenters. The van der Waals surface area contributed by atoms with Crippen molar-refractivity contribution in [1.82, 2.24) is 0 Å². The predicted molar refractivity (Wildman–Crippen MR) is 72.2 cm³/mol. The second kappa shape index (κ2) is 3.01. The second-order valence-corrected chi connectivity index (χ2v) is 5.17. The molecule has 0 amide bonds. The van der Waals surface area contributed by atoms with Crippen LogP contribution in [0.25, 0.3) is 11.1 Å². The fourth-order valence-electron chi connectivity index (χ4n) is 3.12. The summed E-state index contributed by atoms with van der Waals surface area (Å²) in [7, 11) is 2.21. The Balaban J connectivity index is 2.44. The van der Waals surface area contributed by atoms with E-state index in [4.69, 9.17) is 0 Å². The smallest absolute Gasteiger partial charge is 0.0843 e. The Kier molecular flexibility index (Phi) is 1.82. The van der Waals surface area contributed by atoms with E-state index in [9.17, 15) is 0 Å². The summed E-state index contributed by atoms with van der Waals surface area (Å²) >= 11 is 0. The third kappa shape index (κ3) is 1.06. The molecule has 0 aliphatic heterocycles. The number of hydrogen-bond acceptors (Lipinski definition) is 0. The van der Waals surface area contributed by atoms with Gasteiger partial charge in [-0.25, -0.2) is 0 Å². The van der Waals surface area contributed by atoms with Crippen LogP contribution in [0.5, 0.6) is 0 Å². The molecule has 1 aliphatic carbocycles. The lowest BCUT2D eigenvalue weighted by molar-refractivity contribution is 0.664. The lowest BCUT2D eigenvalue weighted by Crippen LogP contribution is -2.24. The largest absolute Gasteiger partial charge is 0.139 e. The molecule has 16 heavy (non-hydrogen) atoms. The van der Waals surface area contributed by atoms with Crippen LogP contribution in [-0.2, 0) is 5.41 Å². The zero-order chi connectivity index (χ0) is 11.3. The van der Waals surface area contributed by atoms with Gasteiger partial charge >= 0.3 is 0 Å². The average Bonchev–Trinajstić information content (AvgIpc) is 2.50. The third-order valence-electron chi connectivity index (χ3n) is 3.79. The molecule has 0 bridgehead atoms. The van der Waals surface area contributed by atoms with Crippen molar-refractivity contribution in [1.29, 1.82) is 0 Å². The Morgan fingerprint density at radius 2 is 1.56 bits per heavy atom. The minimum absolute atomic E-state index is 0.150. The van der Waals surface area contributed by atoms with Gasteiger partial charge in [-0.1, -0.05) is 61.8 Å². The van der Waals surface area contributed by atoms with E-state index in [0.29, 0.717) is 0 Å². The molecule has 0 spiro atoms. The van der Waals surface area contributed by atoms with Crippen molar-refractivity contribution in [2.75, 3.05) is 0 Å². The molecule has 1 aliphatic rings. The number of hydrogen-bond donors (Lipinski definition) is 0. The zero-order valence-electron chi connectivity index (χ0n) is 10.0. The van der Waals surface area contributed by atoms with Crippen LogP contribution in [-0.4, -0.2) is 7.85 Å². The lowest BCUT2D eigenvalue weighted by atomic mass is 9.75. The van der Waals surface area contributed by atoms with E-state index in [1.54, 1.807) is 0 Å². The normalized spacial score (nSPS) is 15.6. The Bertz CT molecular complexity index is 567. The molecule has 0 saturated heterocycles. The van der Waals surface area contributed by atoms with Gasteiger partial charge in [0.05, 0.1) is 0 Å². The van der Waals surface area contributed by atoms with E-state index in [1.165, 1.54) is 27.7 Å². The minimum atomic E-state index is 0.150. The van der Waals surface area contributed by atoms with E-state index < -0.39 is 0 Å². The van der Waals surface area contributed by atoms with Gasteiger partial charge in [-0.2, -0.15) is 0 Å². The molecule has 0 N–H and O–H groups in total. The van der Waals surface area contributed by atoms with Crippen molar-refractivity contribution in [2.45, 2.75) is 19.3 Å². The van der Waals surface area contributed by atoms with Crippen LogP contribution in [0.3, 0.4) is 0 Å². The fraction of sp³-hybridized carbons (Fsp3) is 0.200. The van der Waals surface area contributed by atoms with Crippen LogP contribution in [0, 0.1) is 0 Å². The molecule has 0 aromatic heterocycles. The highest BCUT2D eigenvalue weighted by Gasteiger charge is 2.35. The van der Waals surface area contributed by atoms with Gasteiger partial charge in [0.1, 0.15) is 7.85 Å². The van der Waals surface area contributed by atoms with E-state index in [-0.39, 0.29) is 5.41 Å². The highest BCUT2D eigenvalue weighted by Crippen LogP contribution is 2.47. The van der Waals surface area contributed by atoms with Gasteiger partial charge in [-0.05, 0) is 22.3 Å². The van der Waals surface area contributed by atoms with Crippen LogP contribution in [0.15, 0.2) is 42.5 Å². The quantitative estimate of drug-likeness (QED) is 0.580. The van der Waals surface area contributed by atoms with E-state index >= 15 is 0 Å². The van der Waals surface area contributed by atoms with Crippen molar-refractivity contribution >= 4 is 13.3 Å². The highest BCUT2D eigenvalue weighted by atomic mass is 14.4. The molecule has 78 valence electrons. The molecule has 0 saturated carbocycles. The van der Waals surface area contributed by atoms with Crippen LogP contribution in [0.1, 0.15) is 25.0 Å². The first kappa shape index (κ1) is 9.71. The monoisotopic (exact) mass is 206 g/mol. The molecule has 0 heterocycles. The Labute approximate surface area is 97.7 Å². The summed E-state index contributed by atoms with van der Waals surface area (Å²) in [5, 5.41) is 0. The molecular weight excluding hydrogens is 191 g/mol. The third-order valence-corrected chi connectivity index (χ3v) is 3.79. The van der Waals surface area contributed by atoms with Crippen LogP contribution < -0.4 is 5.46 Å². The average molecular weight is 206 g/mol. The van der Waals surface area contributed by atoms with Crippen molar-refractivity contribution < 1.29 is 0 Å². The van der Waals surface area contributed by atoms with Crippen molar-refractivity contribution in [3.05, 3.63) is 53.6 Å². The standard InChI is InChI=1S/C15H15B/c1-15(2)12-8-4-3-6-10(12)11-7-5-9-13(16)14(11)15/h3-9H,16H2,1-2H3. The first-order chi connectivity index (χ1) is 7.62. The SMILES string of the molecule is Bc1cccc2c1C(C)(C)c1ccccc1-2.